The average molecular weight is 262 g/mol. The first-order valence-electron chi connectivity index (χ1n) is 5.16. The maximum absolute atomic E-state index is 11.9. The molecule has 3 nitrogen and oxygen atoms in total. The standard InChI is InChI=1S/C9H17F3O3S/c1-3-4-5-6-8(2)7-15-16(13,14)9(10,11)12/h8H,3-7H2,1-2H3. The van der Waals surface area contributed by atoms with E-state index in [2.05, 4.69) is 4.18 Å². The number of unbranched alkanes of at least 4 members (excludes halogenated alkanes) is 2. The molecule has 0 aromatic carbocycles. The van der Waals surface area contributed by atoms with E-state index in [4.69, 9.17) is 0 Å². The Morgan fingerprint density at radius 1 is 1.25 bits per heavy atom. The van der Waals surface area contributed by atoms with Gasteiger partial charge in [-0.1, -0.05) is 33.1 Å². The molecule has 0 saturated heterocycles. The fraction of sp³-hybridized carbons (Fsp3) is 1.00. The smallest absolute Gasteiger partial charge is 0.263 e. The van der Waals surface area contributed by atoms with Gasteiger partial charge in [0.2, 0.25) is 0 Å². The van der Waals surface area contributed by atoms with Crippen molar-refractivity contribution in [1.82, 2.24) is 0 Å². The molecule has 0 aromatic heterocycles. The molecule has 0 bridgehead atoms. The fourth-order valence-electron chi connectivity index (χ4n) is 1.10. The van der Waals surface area contributed by atoms with Crippen molar-refractivity contribution in [3.63, 3.8) is 0 Å². The van der Waals surface area contributed by atoms with Crippen molar-refractivity contribution in [3.05, 3.63) is 0 Å². The van der Waals surface area contributed by atoms with E-state index >= 15 is 0 Å². The Hall–Kier alpha value is -0.300. The first kappa shape index (κ1) is 15.7. The van der Waals surface area contributed by atoms with Crippen molar-refractivity contribution in [1.29, 1.82) is 0 Å². The average Bonchev–Trinajstić information content (AvgIpc) is 2.13. The summed E-state index contributed by atoms with van der Waals surface area (Å²) in [6, 6.07) is 0. The van der Waals surface area contributed by atoms with E-state index in [9.17, 15) is 21.6 Å². The number of rotatable bonds is 7. The Bertz CT molecular complexity index is 285. The van der Waals surface area contributed by atoms with Gasteiger partial charge in [-0.2, -0.15) is 21.6 Å². The van der Waals surface area contributed by atoms with Crippen LogP contribution in [0.2, 0.25) is 0 Å². The molecule has 7 heteroatoms. The van der Waals surface area contributed by atoms with Crippen LogP contribution in [0.15, 0.2) is 0 Å². The minimum absolute atomic E-state index is 0.191. The molecule has 0 aromatic rings. The Morgan fingerprint density at radius 2 is 1.81 bits per heavy atom. The molecule has 16 heavy (non-hydrogen) atoms. The highest BCUT2D eigenvalue weighted by Gasteiger charge is 2.47. The highest BCUT2D eigenvalue weighted by atomic mass is 32.2. The Balaban J connectivity index is 3.97. The summed E-state index contributed by atoms with van der Waals surface area (Å²) in [4.78, 5) is 0. The maximum Gasteiger partial charge on any atom is 0.523 e. The van der Waals surface area contributed by atoms with Gasteiger partial charge in [-0.05, 0) is 12.3 Å². The van der Waals surface area contributed by atoms with Crippen molar-refractivity contribution in [2.45, 2.75) is 45.0 Å². The molecule has 0 saturated carbocycles. The van der Waals surface area contributed by atoms with E-state index < -0.39 is 22.2 Å². The van der Waals surface area contributed by atoms with Crippen LogP contribution >= 0.6 is 0 Å². The lowest BCUT2D eigenvalue weighted by atomic mass is 10.0. The molecule has 1 atom stereocenters. The quantitative estimate of drug-likeness (QED) is 0.402. The van der Waals surface area contributed by atoms with Gasteiger partial charge >= 0.3 is 15.6 Å². The van der Waals surface area contributed by atoms with Gasteiger partial charge in [-0.25, -0.2) is 0 Å². The Morgan fingerprint density at radius 3 is 2.25 bits per heavy atom. The summed E-state index contributed by atoms with van der Waals surface area (Å²) in [6.07, 6.45) is 3.53. The minimum Gasteiger partial charge on any atom is -0.263 e. The molecule has 0 radical (unpaired) electrons. The molecule has 1 unspecified atom stereocenters. The summed E-state index contributed by atoms with van der Waals surface area (Å²) in [6.45, 7) is 3.27. The number of hydrogen-bond acceptors (Lipinski definition) is 3. The second-order valence-electron chi connectivity index (χ2n) is 3.79. The van der Waals surface area contributed by atoms with E-state index in [-0.39, 0.29) is 5.92 Å². The van der Waals surface area contributed by atoms with E-state index in [1.165, 1.54) is 0 Å². The van der Waals surface area contributed by atoms with Crippen LogP contribution in [0.3, 0.4) is 0 Å². The lowest BCUT2D eigenvalue weighted by molar-refractivity contribution is -0.0549. The third-order valence-electron chi connectivity index (χ3n) is 2.09. The molecule has 0 N–H and O–H groups in total. The molecular weight excluding hydrogens is 245 g/mol. The van der Waals surface area contributed by atoms with Crippen molar-refractivity contribution >= 4 is 10.1 Å². The summed E-state index contributed by atoms with van der Waals surface area (Å²) >= 11 is 0. The van der Waals surface area contributed by atoms with Crippen molar-refractivity contribution in [2.75, 3.05) is 6.61 Å². The zero-order valence-electron chi connectivity index (χ0n) is 9.38. The predicted octanol–water partition coefficient (Wildman–Crippen LogP) is 3.07. The molecule has 0 aliphatic carbocycles. The second kappa shape index (κ2) is 6.44. The van der Waals surface area contributed by atoms with Gasteiger partial charge in [-0.3, -0.25) is 4.18 Å². The van der Waals surface area contributed by atoms with E-state index in [0.29, 0.717) is 6.42 Å². The van der Waals surface area contributed by atoms with Gasteiger partial charge in [0.15, 0.2) is 0 Å². The van der Waals surface area contributed by atoms with Crippen molar-refractivity contribution < 1.29 is 25.8 Å². The number of alkyl halides is 3. The molecular formula is C9H17F3O3S. The zero-order chi connectivity index (χ0) is 12.8. The van der Waals surface area contributed by atoms with E-state index in [1.807, 2.05) is 6.92 Å². The van der Waals surface area contributed by atoms with Gasteiger partial charge in [-0.15, -0.1) is 0 Å². The molecule has 0 aliphatic heterocycles. The molecule has 0 spiro atoms. The molecule has 0 rings (SSSR count). The van der Waals surface area contributed by atoms with Crippen LogP contribution in [0.4, 0.5) is 13.2 Å². The minimum atomic E-state index is -5.42. The highest BCUT2D eigenvalue weighted by Crippen LogP contribution is 2.25. The van der Waals surface area contributed by atoms with Crippen LogP contribution in [0.1, 0.15) is 39.5 Å². The van der Waals surface area contributed by atoms with Crippen LogP contribution in [-0.2, 0) is 14.3 Å². The fourth-order valence-corrected chi connectivity index (χ4v) is 1.64. The Kier molecular flexibility index (Phi) is 6.32. The maximum atomic E-state index is 11.9. The van der Waals surface area contributed by atoms with Crippen LogP contribution in [-0.4, -0.2) is 20.5 Å². The molecule has 98 valence electrons. The third-order valence-corrected chi connectivity index (χ3v) is 3.10. The Labute approximate surface area is 94.1 Å². The predicted molar refractivity (Wildman–Crippen MR) is 54.2 cm³/mol. The first-order valence-corrected chi connectivity index (χ1v) is 6.57. The number of halogens is 3. The van der Waals surface area contributed by atoms with Gasteiger partial charge in [0.05, 0.1) is 6.61 Å². The molecule has 0 heterocycles. The molecule has 0 amide bonds. The molecule has 0 aliphatic rings. The summed E-state index contributed by atoms with van der Waals surface area (Å²) in [7, 11) is -5.42. The largest absolute Gasteiger partial charge is 0.523 e. The zero-order valence-corrected chi connectivity index (χ0v) is 10.2. The first-order chi connectivity index (χ1) is 7.20. The van der Waals surface area contributed by atoms with Gasteiger partial charge in [0.1, 0.15) is 0 Å². The SMILES string of the molecule is CCCCCC(C)COS(=O)(=O)C(F)(F)F. The van der Waals surface area contributed by atoms with Crippen LogP contribution in [0.5, 0.6) is 0 Å². The van der Waals surface area contributed by atoms with Gasteiger partial charge in [0, 0.05) is 0 Å². The summed E-state index contributed by atoms with van der Waals surface area (Å²) in [5.74, 6) is -0.191. The van der Waals surface area contributed by atoms with Gasteiger partial charge in [0.25, 0.3) is 0 Å². The summed E-state index contributed by atoms with van der Waals surface area (Å²) < 4.78 is 60.6. The normalized spacial score (nSPS) is 15.1. The monoisotopic (exact) mass is 262 g/mol. The van der Waals surface area contributed by atoms with Crippen LogP contribution < -0.4 is 0 Å². The summed E-state index contributed by atoms with van der Waals surface area (Å²) in [5.41, 5.74) is -5.32. The number of hydrogen-bond donors (Lipinski definition) is 0. The topological polar surface area (TPSA) is 43.4 Å². The van der Waals surface area contributed by atoms with E-state index in [0.717, 1.165) is 19.3 Å². The highest BCUT2D eigenvalue weighted by molar-refractivity contribution is 7.87. The molecule has 0 fully saturated rings. The van der Waals surface area contributed by atoms with Crippen LogP contribution in [0.25, 0.3) is 0 Å². The van der Waals surface area contributed by atoms with Gasteiger partial charge < -0.3 is 0 Å². The van der Waals surface area contributed by atoms with Crippen molar-refractivity contribution in [3.8, 4) is 0 Å². The summed E-state index contributed by atoms with van der Waals surface area (Å²) in [5, 5.41) is 0. The third kappa shape index (κ3) is 5.69. The lowest BCUT2D eigenvalue weighted by Crippen LogP contribution is -2.27. The second-order valence-corrected chi connectivity index (χ2v) is 5.39. The van der Waals surface area contributed by atoms with Crippen LogP contribution in [0, 0.1) is 5.92 Å². The lowest BCUT2D eigenvalue weighted by Gasteiger charge is -2.12. The van der Waals surface area contributed by atoms with Crippen molar-refractivity contribution in [2.24, 2.45) is 5.92 Å². The van der Waals surface area contributed by atoms with E-state index in [1.54, 1.807) is 6.92 Å².